The molecule has 0 aliphatic carbocycles. The molecule has 0 fully saturated rings. The lowest BCUT2D eigenvalue weighted by Crippen LogP contribution is -2.25. The molecule has 0 aromatic heterocycles. The Morgan fingerprint density at radius 1 is 0.714 bits per heavy atom. The highest BCUT2D eigenvalue weighted by atomic mass is 35.5. The van der Waals surface area contributed by atoms with E-state index < -0.39 is 0 Å². The van der Waals surface area contributed by atoms with Gasteiger partial charge in [-0.3, -0.25) is 5.84 Å². The fourth-order valence-electron chi connectivity index (χ4n) is 2.41. The summed E-state index contributed by atoms with van der Waals surface area (Å²) in [5.41, 5.74) is 8.23. The fourth-order valence-corrected chi connectivity index (χ4v) is 2.41. The molecule has 0 spiro atoms. The van der Waals surface area contributed by atoms with Gasteiger partial charge in [0.1, 0.15) is 0 Å². The molecule has 0 heterocycles. The molecule has 3 heteroatoms. The van der Waals surface area contributed by atoms with Crippen LogP contribution in [0.15, 0.2) is 12.1 Å². The normalized spacial score (nSPS) is 12.9. The van der Waals surface area contributed by atoms with Crippen LogP contribution in [-0.2, 0) is 16.2 Å². The van der Waals surface area contributed by atoms with E-state index in [2.05, 4.69) is 79.9 Å². The van der Waals surface area contributed by atoms with Crippen molar-refractivity contribution in [3.63, 3.8) is 0 Å². The number of nitrogen functional groups attached to an aromatic ring is 1. The minimum Gasteiger partial charge on any atom is -0.324 e. The summed E-state index contributed by atoms with van der Waals surface area (Å²) in [5, 5.41) is 0. The van der Waals surface area contributed by atoms with Gasteiger partial charge in [-0.15, -0.1) is 12.4 Å². The molecule has 0 atom stereocenters. The summed E-state index contributed by atoms with van der Waals surface area (Å²) in [4.78, 5) is 0. The van der Waals surface area contributed by atoms with Crippen molar-refractivity contribution in [2.45, 2.75) is 78.6 Å². The molecular weight excluding hydrogens is 280 g/mol. The van der Waals surface area contributed by atoms with Crippen molar-refractivity contribution in [1.29, 1.82) is 0 Å². The molecule has 122 valence electrons. The summed E-state index contributed by atoms with van der Waals surface area (Å²) < 4.78 is 0. The molecule has 0 bridgehead atoms. The first kappa shape index (κ1) is 20.3. The zero-order valence-electron chi connectivity index (χ0n) is 15.1. The van der Waals surface area contributed by atoms with Crippen LogP contribution in [-0.4, -0.2) is 0 Å². The second-order valence-electron chi connectivity index (χ2n) is 8.84. The third-order valence-electron chi connectivity index (χ3n) is 3.76. The van der Waals surface area contributed by atoms with E-state index in [9.17, 15) is 0 Å². The Morgan fingerprint density at radius 2 is 1.05 bits per heavy atom. The lowest BCUT2D eigenvalue weighted by Gasteiger charge is -2.33. The molecule has 0 unspecified atom stereocenters. The van der Waals surface area contributed by atoms with E-state index in [0.717, 1.165) is 5.69 Å². The first-order chi connectivity index (χ1) is 8.78. The van der Waals surface area contributed by atoms with Gasteiger partial charge >= 0.3 is 0 Å². The molecular formula is C18H33ClN2. The summed E-state index contributed by atoms with van der Waals surface area (Å²) in [7, 11) is 0. The predicted molar refractivity (Wildman–Crippen MR) is 97.6 cm³/mol. The first-order valence-corrected chi connectivity index (χ1v) is 7.44. The zero-order chi connectivity index (χ0) is 15.9. The molecule has 1 rings (SSSR count). The Hall–Kier alpha value is -0.730. The fraction of sp³-hybridized carbons (Fsp3) is 0.667. The summed E-state index contributed by atoms with van der Waals surface area (Å²) >= 11 is 0. The van der Waals surface area contributed by atoms with E-state index in [1.165, 1.54) is 16.7 Å². The summed E-state index contributed by atoms with van der Waals surface area (Å²) in [6, 6.07) is 4.62. The number of hydrazine groups is 1. The number of nitrogens with two attached hydrogens (primary N) is 1. The summed E-state index contributed by atoms with van der Waals surface area (Å²) in [6.45, 7) is 20.2. The molecule has 0 saturated carbocycles. The van der Waals surface area contributed by atoms with E-state index in [1.807, 2.05) is 0 Å². The molecule has 0 aliphatic heterocycles. The third-order valence-corrected chi connectivity index (χ3v) is 3.76. The number of rotatable bonds is 1. The highest BCUT2D eigenvalue weighted by Crippen LogP contribution is 2.40. The maximum Gasteiger partial charge on any atom is 0.0559 e. The molecule has 3 N–H and O–H groups in total. The van der Waals surface area contributed by atoms with Crippen molar-refractivity contribution in [3.05, 3.63) is 28.8 Å². The van der Waals surface area contributed by atoms with Gasteiger partial charge in [-0.1, -0.05) is 74.4 Å². The topological polar surface area (TPSA) is 38.0 Å². The smallest absolute Gasteiger partial charge is 0.0559 e. The average molecular weight is 313 g/mol. The lowest BCUT2D eigenvalue weighted by molar-refractivity contribution is 0.550. The van der Waals surface area contributed by atoms with E-state index in [4.69, 9.17) is 5.84 Å². The second kappa shape index (κ2) is 6.18. The largest absolute Gasteiger partial charge is 0.324 e. The van der Waals surface area contributed by atoms with Crippen molar-refractivity contribution >= 4 is 18.1 Å². The van der Waals surface area contributed by atoms with E-state index in [1.54, 1.807) is 0 Å². The van der Waals surface area contributed by atoms with Crippen molar-refractivity contribution < 1.29 is 0 Å². The van der Waals surface area contributed by atoms with Gasteiger partial charge in [0.25, 0.3) is 0 Å². The Bertz CT molecular complexity index is 450. The Morgan fingerprint density at radius 3 is 1.24 bits per heavy atom. The van der Waals surface area contributed by atoms with Crippen molar-refractivity contribution in [2.24, 2.45) is 5.84 Å². The zero-order valence-corrected chi connectivity index (χ0v) is 16.0. The minimum atomic E-state index is 0. The van der Waals surface area contributed by atoms with Gasteiger partial charge < -0.3 is 5.43 Å². The highest BCUT2D eigenvalue weighted by Gasteiger charge is 2.28. The number of anilines is 1. The molecule has 0 radical (unpaired) electrons. The first-order valence-electron chi connectivity index (χ1n) is 7.44. The van der Waals surface area contributed by atoms with Gasteiger partial charge in [0.2, 0.25) is 0 Å². The SMILES string of the molecule is CC(C)(C)c1cc(C(C)(C)C)c(NN)c(C(C)(C)C)c1.Cl. The average Bonchev–Trinajstić information content (AvgIpc) is 2.23. The summed E-state index contributed by atoms with van der Waals surface area (Å²) in [6.07, 6.45) is 0. The van der Waals surface area contributed by atoms with Crippen LogP contribution in [0.4, 0.5) is 5.69 Å². The third kappa shape index (κ3) is 4.62. The quantitative estimate of drug-likeness (QED) is 0.546. The second-order valence-corrected chi connectivity index (χ2v) is 8.84. The number of hydrogen-bond acceptors (Lipinski definition) is 2. The molecule has 0 saturated heterocycles. The number of halogens is 1. The van der Waals surface area contributed by atoms with Crippen LogP contribution < -0.4 is 11.3 Å². The van der Waals surface area contributed by atoms with Gasteiger partial charge in [0.15, 0.2) is 0 Å². The molecule has 0 amide bonds. The molecule has 21 heavy (non-hydrogen) atoms. The minimum absolute atomic E-state index is 0. The van der Waals surface area contributed by atoms with Crippen LogP contribution in [0.5, 0.6) is 0 Å². The van der Waals surface area contributed by atoms with E-state index in [0.29, 0.717) is 0 Å². The molecule has 0 aliphatic rings. The molecule has 2 nitrogen and oxygen atoms in total. The summed E-state index contributed by atoms with van der Waals surface area (Å²) in [5.74, 6) is 5.85. The van der Waals surface area contributed by atoms with Crippen LogP contribution in [0.3, 0.4) is 0 Å². The highest BCUT2D eigenvalue weighted by molar-refractivity contribution is 5.85. The van der Waals surface area contributed by atoms with Crippen LogP contribution >= 0.6 is 12.4 Å². The van der Waals surface area contributed by atoms with E-state index >= 15 is 0 Å². The van der Waals surface area contributed by atoms with Gasteiger partial charge in [-0.05, 0) is 32.9 Å². The van der Waals surface area contributed by atoms with Crippen LogP contribution in [0.2, 0.25) is 0 Å². The maximum atomic E-state index is 5.85. The van der Waals surface area contributed by atoms with Crippen molar-refractivity contribution in [1.82, 2.24) is 0 Å². The van der Waals surface area contributed by atoms with Crippen LogP contribution in [0, 0.1) is 0 Å². The Kier molecular flexibility index (Phi) is 5.96. The number of hydrogen-bond donors (Lipinski definition) is 2. The van der Waals surface area contributed by atoms with Crippen LogP contribution in [0.25, 0.3) is 0 Å². The monoisotopic (exact) mass is 312 g/mol. The van der Waals surface area contributed by atoms with Crippen molar-refractivity contribution in [3.8, 4) is 0 Å². The van der Waals surface area contributed by atoms with Gasteiger partial charge in [-0.2, -0.15) is 0 Å². The Balaban J connectivity index is 0.00000400. The van der Waals surface area contributed by atoms with E-state index in [-0.39, 0.29) is 28.7 Å². The molecule has 1 aromatic rings. The predicted octanol–water partition coefficient (Wildman–Crippen LogP) is 5.29. The number of benzene rings is 1. The lowest BCUT2D eigenvalue weighted by atomic mass is 9.74. The van der Waals surface area contributed by atoms with Gasteiger partial charge in [-0.25, -0.2) is 0 Å². The Labute approximate surface area is 137 Å². The standard InChI is InChI=1S/C18H32N2.ClH/c1-16(2,3)12-10-13(17(4,5)6)15(20-19)14(11-12)18(7,8)9;/h10-11,20H,19H2,1-9H3;1H. The molecule has 1 aromatic carbocycles. The van der Waals surface area contributed by atoms with Gasteiger partial charge in [0, 0.05) is 0 Å². The van der Waals surface area contributed by atoms with Gasteiger partial charge in [0.05, 0.1) is 5.69 Å². The van der Waals surface area contributed by atoms with Crippen LogP contribution in [0.1, 0.15) is 79.0 Å². The van der Waals surface area contributed by atoms with Crippen molar-refractivity contribution in [2.75, 3.05) is 5.43 Å². The number of nitrogens with one attached hydrogen (secondary N) is 1. The maximum absolute atomic E-state index is 5.85.